The van der Waals surface area contributed by atoms with E-state index >= 15 is 0 Å². The lowest BCUT2D eigenvalue weighted by molar-refractivity contribution is -0.134. The highest BCUT2D eigenvalue weighted by Gasteiger charge is 2.18. The molecule has 4 rings (SSSR count). The van der Waals surface area contributed by atoms with Crippen LogP contribution < -0.4 is 28.4 Å². The van der Waals surface area contributed by atoms with Crippen LogP contribution in [0.2, 0.25) is 0 Å². The third-order valence-corrected chi connectivity index (χ3v) is 8.45. The number of unbranched alkanes of at least 4 members (excludes halogenated alkanes) is 1. The molecule has 4 N–H and O–H groups in total. The number of hydrogen-bond acceptors (Lipinski definition) is 13. The van der Waals surface area contributed by atoms with E-state index in [1.807, 2.05) is 30.5 Å². The number of aromatic nitrogens is 1. The molecule has 59 heavy (non-hydrogen) atoms. The molecule has 0 amide bonds. The van der Waals surface area contributed by atoms with Crippen molar-refractivity contribution in [3.63, 3.8) is 0 Å². The van der Waals surface area contributed by atoms with E-state index in [1.54, 1.807) is 42.7 Å². The second-order valence-electron chi connectivity index (χ2n) is 12.5. The topological polar surface area (TPSA) is 224 Å². The number of aliphatic carboxylic acids is 4. The Labute approximate surface area is 343 Å². The minimum atomic E-state index is -1.26. The molecule has 0 atom stereocenters. The van der Waals surface area contributed by atoms with Crippen molar-refractivity contribution in [2.75, 3.05) is 75.4 Å². The van der Waals surface area contributed by atoms with Gasteiger partial charge in [0, 0.05) is 55.7 Å². The number of methoxy groups -OCH3 is 6. The molecule has 1 saturated heterocycles. The quantitative estimate of drug-likeness (QED) is 0.0953. The van der Waals surface area contributed by atoms with Crippen LogP contribution >= 0.6 is 0 Å². The van der Waals surface area contributed by atoms with Gasteiger partial charge in [-0.05, 0) is 86.4 Å². The summed E-state index contributed by atoms with van der Waals surface area (Å²) in [7, 11) is 9.76. The van der Waals surface area contributed by atoms with Gasteiger partial charge in [0.05, 0.1) is 48.4 Å². The molecule has 0 radical (unpaired) electrons. The van der Waals surface area contributed by atoms with E-state index in [0.717, 1.165) is 75.4 Å². The lowest BCUT2D eigenvalue weighted by atomic mass is 10.1. The standard InChI is InChI=1S/C34H45N3O6.2C4H4O4/c1-38-29-20-25(21-30(39-2)33(29)42-5)11-8-7-9-14-36-15-10-16-37(18-17-36)24-26-12-13-35-28(19-26)27-22-31(40-3)34(43-6)32(23-27)41-4;2*5-3(6)1-2-4(7)8/h8,11-13,19-23H,7,9-10,14-18,24H2,1-6H3;2*1-2H,(H,5,6)(H,7,8). The minimum Gasteiger partial charge on any atom is -0.493 e. The summed E-state index contributed by atoms with van der Waals surface area (Å²) in [5.74, 6) is -1.27. The molecule has 3 aromatic rings. The highest BCUT2D eigenvalue weighted by atomic mass is 16.5. The number of rotatable bonds is 18. The Morgan fingerprint density at radius 1 is 0.627 bits per heavy atom. The fraction of sp³-hybridized carbons (Fsp3) is 0.357. The van der Waals surface area contributed by atoms with Crippen molar-refractivity contribution in [3.8, 4) is 45.8 Å². The van der Waals surface area contributed by atoms with E-state index in [2.05, 4.69) is 39.1 Å². The molecule has 0 aliphatic carbocycles. The van der Waals surface area contributed by atoms with Gasteiger partial charge in [-0.1, -0.05) is 12.2 Å². The Morgan fingerprint density at radius 2 is 1.08 bits per heavy atom. The molecule has 17 heteroatoms. The molecule has 0 saturated carbocycles. The SMILES string of the molecule is COc1cc(C=CCCCN2CCCN(Cc3ccnc(-c4cc(OC)c(OC)c(OC)c4)c3)CC2)cc(OC)c1OC.O=C(O)C=CC(=O)O.O=C(O)C=CC(=O)O. The summed E-state index contributed by atoms with van der Waals surface area (Å²) in [4.78, 5) is 48.0. The van der Waals surface area contributed by atoms with Crippen LogP contribution in [0.4, 0.5) is 0 Å². The molecule has 1 aliphatic heterocycles. The zero-order valence-corrected chi connectivity index (χ0v) is 34.1. The molecule has 2 aromatic carbocycles. The minimum absolute atomic E-state index is 0.558. The highest BCUT2D eigenvalue weighted by Crippen LogP contribution is 2.41. The maximum atomic E-state index is 9.55. The second kappa shape index (κ2) is 26.4. The Morgan fingerprint density at radius 3 is 1.54 bits per heavy atom. The number of carbonyl (C=O) groups is 4. The summed E-state index contributed by atoms with van der Waals surface area (Å²) >= 11 is 0. The van der Waals surface area contributed by atoms with Crippen LogP contribution in [0, 0.1) is 0 Å². The smallest absolute Gasteiger partial charge is 0.328 e. The summed E-state index contributed by atoms with van der Waals surface area (Å²) in [5, 5.41) is 31.2. The number of carboxylic acids is 4. The number of ether oxygens (including phenoxy) is 6. The van der Waals surface area contributed by atoms with Crippen molar-refractivity contribution in [2.45, 2.75) is 25.8 Å². The third-order valence-electron chi connectivity index (χ3n) is 8.45. The van der Waals surface area contributed by atoms with Crippen LogP contribution in [-0.4, -0.2) is 134 Å². The van der Waals surface area contributed by atoms with Gasteiger partial charge in [0.25, 0.3) is 0 Å². The maximum absolute atomic E-state index is 9.55. The van der Waals surface area contributed by atoms with Gasteiger partial charge in [-0.15, -0.1) is 0 Å². The van der Waals surface area contributed by atoms with E-state index in [9.17, 15) is 19.2 Å². The monoisotopic (exact) mass is 823 g/mol. The second-order valence-corrected chi connectivity index (χ2v) is 12.5. The molecule has 0 unspecified atom stereocenters. The van der Waals surface area contributed by atoms with Crippen molar-refractivity contribution < 1.29 is 68.0 Å². The van der Waals surface area contributed by atoms with Gasteiger partial charge in [-0.3, -0.25) is 9.88 Å². The normalized spacial score (nSPS) is 13.1. The van der Waals surface area contributed by atoms with Crippen molar-refractivity contribution in [1.29, 1.82) is 0 Å². The van der Waals surface area contributed by atoms with Crippen LogP contribution in [0.5, 0.6) is 34.5 Å². The number of carboxylic acid groups (broad SMARTS) is 4. The first-order valence-electron chi connectivity index (χ1n) is 18.2. The van der Waals surface area contributed by atoms with Gasteiger partial charge in [-0.2, -0.15) is 0 Å². The van der Waals surface area contributed by atoms with E-state index in [4.69, 9.17) is 48.8 Å². The lowest BCUT2D eigenvalue weighted by Crippen LogP contribution is -2.31. The largest absolute Gasteiger partial charge is 0.493 e. The number of benzene rings is 2. The number of hydrogen-bond donors (Lipinski definition) is 4. The summed E-state index contributed by atoms with van der Waals surface area (Å²) in [5.41, 5.74) is 4.08. The Hall–Kier alpha value is -6.59. The fourth-order valence-electron chi connectivity index (χ4n) is 5.76. The van der Waals surface area contributed by atoms with Gasteiger partial charge >= 0.3 is 23.9 Å². The lowest BCUT2D eigenvalue weighted by Gasteiger charge is -2.22. The molecule has 17 nitrogen and oxygen atoms in total. The first-order valence-corrected chi connectivity index (χ1v) is 18.2. The molecule has 0 bridgehead atoms. The molecule has 1 fully saturated rings. The molecular formula is C42H53N3O14. The number of allylic oxidation sites excluding steroid dienone is 1. The van der Waals surface area contributed by atoms with Crippen LogP contribution in [0.15, 0.2) is 73.0 Å². The van der Waals surface area contributed by atoms with E-state index in [-0.39, 0.29) is 0 Å². The Balaban J connectivity index is 0.000000630. The first-order chi connectivity index (χ1) is 28.3. The van der Waals surface area contributed by atoms with Gasteiger partial charge in [-0.25, -0.2) is 19.2 Å². The Bertz CT molecular complexity index is 1810. The molecule has 1 aliphatic rings. The zero-order valence-electron chi connectivity index (χ0n) is 34.1. The predicted octanol–water partition coefficient (Wildman–Crippen LogP) is 5.23. The maximum Gasteiger partial charge on any atom is 0.328 e. The van der Waals surface area contributed by atoms with Gasteiger partial charge < -0.3 is 53.7 Å². The summed E-state index contributed by atoms with van der Waals surface area (Å²) < 4.78 is 32.9. The van der Waals surface area contributed by atoms with E-state index < -0.39 is 23.9 Å². The van der Waals surface area contributed by atoms with Crippen molar-refractivity contribution in [2.24, 2.45) is 0 Å². The average Bonchev–Trinajstić information content (AvgIpc) is 3.46. The summed E-state index contributed by atoms with van der Waals surface area (Å²) in [6.07, 6.45) is 11.7. The fourth-order valence-corrected chi connectivity index (χ4v) is 5.76. The Kier molecular flexibility index (Phi) is 21.7. The van der Waals surface area contributed by atoms with E-state index in [1.165, 1.54) is 5.56 Å². The third kappa shape index (κ3) is 17.6. The summed E-state index contributed by atoms with van der Waals surface area (Å²) in [6, 6.07) is 12.1. The molecule has 1 aromatic heterocycles. The zero-order chi connectivity index (χ0) is 43.7. The van der Waals surface area contributed by atoms with Gasteiger partial charge in [0.2, 0.25) is 11.5 Å². The van der Waals surface area contributed by atoms with Crippen molar-refractivity contribution >= 4 is 30.0 Å². The van der Waals surface area contributed by atoms with Gasteiger partial charge in [0.15, 0.2) is 23.0 Å². The van der Waals surface area contributed by atoms with Crippen LogP contribution in [0.1, 0.15) is 30.4 Å². The predicted molar refractivity (Wildman–Crippen MR) is 219 cm³/mol. The molecule has 0 spiro atoms. The first kappa shape index (κ1) is 48.6. The number of nitrogens with zero attached hydrogens (tertiary/aromatic N) is 3. The summed E-state index contributed by atoms with van der Waals surface area (Å²) in [6.45, 7) is 6.31. The van der Waals surface area contributed by atoms with Gasteiger partial charge in [0.1, 0.15) is 0 Å². The van der Waals surface area contributed by atoms with Crippen molar-refractivity contribution in [1.82, 2.24) is 14.8 Å². The average molecular weight is 824 g/mol. The van der Waals surface area contributed by atoms with E-state index in [0.29, 0.717) is 58.8 Å². The van der Waals surface area contributed by atoms with Crippen molar-refractivity contribution in [3.05, 3.63) is 84.1 Å². The highest BCUT2D eigenvalue weighted by molar-refractivity contribution is 5.90. The molecule has 320 valence electrons. The molecule has 2 heterocycles. The van der Waals surface area contributed by atoms with Crippen LogP contribution in [0.3, 0.4) is 0 Å². The number of pyridine rings is 1. The molecular weight excluding hydrogens is 770 g/mol. The van der Waals surface area contributed by atoms with Crippen LogP contribution in [-0.2, 0) is 25.7 Å². The van der Waals surface area contributed by atoms with Crippen LogP contribution in [0.25, 0.3) is 17.3 Å².